The molecule has 72 valence electrons. The molecule has 0 bridgehead atoms. The largest absolute Gasteiger partial charge is 0.397 e. The minimum Gasteiger partial charge on any atom is -0.397 e. The number of rotatable bonds is 1. The van der Waals surface area contributed by atoms with Gasteiger partial charge in [0.25, 0.3) is 0 Å². The molecule has 0 saturated carbocycles. The van der Waals surface area contributed by atoms with Gasteiger partial charge in [0.15, 0.2) is 0 Å². The van der Waals surface area contributed by atoms with E-state index < -0.39 is 20.9 Å². The SMILES string of the molecule is Nc1cc(F)c(S(=O)(=O)F)cc1Cl. The number of hydrogen-bond donors (Lipinski definition) is 1. The monoisotopic (exact) mass is 227 g/mol. The summed E-state index contributed by atoms with van der Waals surface area (Å²) < 4.78 is 45.7. The van der Waals surface area contributed by atoms with E-state index in [2.05, 4.69) is 0 Å². The zero-order valence-electron chi connectivity index (χ0n) is 6.09. The first kappa shape index (κ1) is 10.2. The molecule has 0 fully saturated rings. The fourth-order valence-electron chi connectivity index (χ4n) is 0.731. The van der Waals surface area contributed by atoms with Crippen molar-refractivity contribution in [2.45, 2.75) is 4.90 Å². The summed E-state index contributed by atoms with van der Waals surface area (Å²) >= 11 is 5.37. The van der Waals surface area contributed by atoms with E-state index in [1.54, 1.807) is 0 Å². The van der Waals surface area contributed by atoms with Crippen molar-refractivity contribution < 1.29 is 16.7 Å². The number of hydrogen-bond acceptors (Lipinski definition) is 3. The van der Waals surface area contributed by atoms with Crippen molar-refractivity contribution in [2.24, 2.45) is 0 Å². The quantitative estimate of drug-likeness (QED) is 0.587. The Balaban J connectivity index is 3.50. The summed E-state index contributed by atoms with van der Waals surface area (Å²) in [6.45, 7) is 0. The van der Waals surface area contributed by atoms with Crippen molar-refractivity contribution in [3.8, 4) is 0 Å². The third-order valence-electron chi connectivity index (χ3n) is 1.31. The summed E-state index contributed by atoms with van der Waals surface area (Å²) in [6.07, 6.45) is 0. The topological polar surface area (TPSA) is 60.2 Å². The summed E-state index contributed by atoms with van der Waals surface area (Å²) in [7, 11) is -5.09. The lowest BCUT2D eigenvalue weighted by atomic mass is 10.3. The molecule has 0 atom stereocenters. The highest BCUT2D eigenvalue weighted by atomic mass is 35.5. The predicted molar refractivity (Wildman–Crippen MR) is 44.1 cm³/mol. The van der Waals surface area contributed by atoms with Gasteiger partial charge in [0.1, 0.15) is 10.7 Å². The maximum Gasteiger partial charge on any atom is 0.335 e. The van der Waals surface area contributed by atoms with Gasteiger partial charge in [0, 0.05) is 0 Å². The summed E-state index contributed by atoms with van der Waals surface area (Å²) in [5, 5.41) is -0.211. The Bertz CT molecular complexity index is 446. The molecule has 0 aliphatic rings. The van der Waals surface area contributed by atoms with Crippen LogP contribution in [0.3, 0.4) is 0 Å². The van der Waals surface area contributed by atoms with Crippen LogP contribution in [-0.4, -0.2) is 8.42 Å². The zero-order chi connectivity index (χ0) is 10.2. The summed E-state index contributed by atoms with van der Waals surface area (Å²) in [5.74, 6) is -1.26. The highest BCUT2D eigenvalue weighted by Gasteiger charge is 2.19. The summed E-state index contributed by atoms with van der Waals surface area (Å²) in [5.41, 5.74) is 5.00. The molecular weight excluding hydrogens is 224 g/mol. The molecule has 0 heterocycles. The van der Waals surface area contributed by atoms with Crippen LogP contribution < -0.4 is 5.73 Å². The molecule has 0 saturated heterocycles. The van der Waals surface area contributed by atoms with Crippen molar-refractivity contribution in [3.63, 3.8) is 0 Å². The van der Waals surface area contributed by atoms with Crippen LogP contribution in [0.5, 0.6) is 0 Å². The first-order valence-corrected chi connectivity index (χ1v) is 4.77. The Morgan fingerprint density at radius 2 is 1.92 bits per heavy atom. The van der Waals surface area contributed by atoms with E-state index >= 15 is 0 Å². The van der Waals surface area contributed by atoms with E-state index in [0.717, 1.165) is 0 Å². The normalized spacial score (nSPS) is 11.6. The maximum absolute atomic E-state index is 12.8. The van der Waals surface area contributed by atoms with Gasteiger partial charge in [-0.05, 0) is 12.1 Å². The minimum atomic E-state index is -5.09. The van der Waals surface area contributed by atoms with E-state index in [1.165, 1.54) is 0 Å². The minimum absolute atomic E-state index is 0.147. The van der Waals surface area contributed by atoms with Crippen LogP contribution in [0, 0.1) is 5.82 Å². The van der Waals surface area contributed by atoms with Gasteiger partial charge < -0.3 is 5.73 Å². The van der Waals surface area contributed by atoms with Crippen molar-refractivity contribution in [1.29, 1.82) is 0 Å². The van der Waals surface area contributed by atoms with Gasteiger partial charge >= 0.3 is 10.2 Å². The molecule has 1 aromatic carbocycles. The van der Waals surface area contributed by atoms with Crippen LogP contribution in [0.1, 0.15) is 0 Å². The molecule has 0 amide bonds. The van der Waals surface area contributed by atoms with Gasteiger partial charge in [-0.1, -0.05) is 11.6 Å². The van der Waals surface area contributed by atoms with E-state index in [0.29, 0.717) is 12.1 Å². The Labute approximate surface area is 78.3 Å². The van der Waals surface area contributed by atoms with Crippen LogP contribution in [-0.2, 0) is 10.2 Å². The van der Waals surface area contributed by atoms with Crippen LogP contribution in [0.4, 0.5) is 14.0 Å². The lowest BCUT2D eigenvalue weighted by molar-refractivity contribution is 0.534. The average Bonchev–Trinajstić information content (AvgIpc) is 1.94. The lowest BCUT2D eigenvalue weighted by Gasteiger charge is -2.01. The average molecular weight is 228 g/mol. The second kappa shape index (κ2) is 3.12. The number of halogens is 3. The van der Waals surface area contributed by atoms with Crippen LogP contribution in [0.15, 0.2) is 17.0 Å². The zero-order valence-corrected chi connectivity index (χ0v) is 7.66. The molecule has 3 nitrogen and oxygen atoms in total. The van der Waals surface area contributed by atoms with Crippen LogP contribution in [0.25, 0.3) is 0 Å². The molecule has 0 unspecified atom stereocenters. The first-order valence-electron chi connectivity index (χ1n) is 3.01. The Morgan fingerprint density at radius 3 is 2.38 bits per heavy atom. The second-order valence-corrected chi connectivity index (χ2v) is 3.96. The number of anilines is 1. The Kier molecular flexibility index (Phi) is 2.44. The molecule has 0 aliphatic heterocycles. The Morgan fingerprint density at radius 1 is 1.38 bits per heavy atom. The van der Waals surface area contributed by atoms with Gasteiger partial charge in [-0.2, -0.15) is 8.42 Å². The van der Waals surface area contributed by atoms with Crippen LogP contribution >= 0.6 is 11.6 Å². The standard InChI is InChI=1S/C6H4ClF2NO2S/c7-3-1-6(13(9,11)12)4(8)2-5(3)10/h1-2H,10H2. The van der Waals surface area contributed by atoms with E-state index in [9.17, 15) is 16.7 Å². The highest BCUT2D eigenvalue weighted by Crippen LogP contribution is 2.26. The molecular formula is C6H4ClF2NO2S. The molecule has 13 heavy (non-hydrogen) atoms. The summed E-state index contributed by atoms with van der Waals surface area (Å²) in [4.78, 5) is -1.10. The summed E-state index contributed by atoms with van der Waals surface area (Å²) in [6, 6.07) is 1.27. The predicted octanol–water partition coefficient (Wildman–Crippen LogP) is 1.72. The fourth-order valence-corrected chi connectivity index (χ4v) is 1.51. The molecule has 7 heteroatoms. The van der Waals surface area contributed by atoms with Gasteiger partial charge in [-0.25, -0.2) is 4.39 Å². The number of nitrogen functional groups attached to an aromatic ring is 1. The molecule has 0 aliphatic carbocycles. The van der Waals surface area contributed by atoms with Gasteiger partial charge in [-0.15, -0.1) is 3.89 Å². The molecule has 2 N–H and O–H groups in total. The molecule has 0 spiro atoms. The molecule has 1 rings (SSSR count). The Hall–Kier alpha value is -0.880. The number of nitrogens with two attached hydrogens (primary N) is 1. The lowest BCUT2D eigenvalue weighted by Crippen LogP contribution is -1.98. The van der Waals surface area contributed by atoms with Crippen molar-refractivity contribution in [1.82, 2.24) is 0 Å². The molecule has 0 radical (unpaired) electrons. The van der Waals surface area contributed by atoms with Crippen molar-refractivity contribution in [3.05, 3.63) is 23.0 Å². The van der Waals surface area contributed by atoms with Crippen molar-refractivity contribution >= 4 is 27.5 Å². The maximum atomic E-state index is 12.8. The third kappa shape index (κ3) is 2.07. The van der Waals surface area contributed by atoms with E-state index in [-0.39, 0.29) is 10.7 Å². The van der Waals surface area contributed by atoms with Crippen molar-refractivity contribution in [2.75, 3.05) is 5.73 Å². The smallest absolute Gasteiger partial charge is 0.335 e. The fraction of sp³-hybridized carbons (Fsp3) is 0. The van der Waals surface area contributed by atoms with Crippen LogP contribution in [0.2, 0.25) is 5.02 Å². The first-order chi connectivity index (χ1) is 5.82. The third-order valence-corrected chi connectivity index (χ3v) is 2.48. The number of benzene rings is 1. The van der Waals surface area contributed by atoms with Gasteiger partial charge in [0.2, 0.25) is 0 Å². The van der Waals surface area contributed by atoms with E-state index in [1.807, 2.05) is 0 Å². The van der Waals surface area contributed by atoms with Gasteiger partial charge in [-0.3, -0.25) is 0 Å². The highest BCUT2D eigenvalue weighted by molar-refractivity contribution is 7.86. The second-order valence-electron chi connectivity index (χ2n) is 2.24. The van der Waals surface area contributed by atoms with Gasteiger partial charge in [0.05, 0.1) is 10.7 Å². The van der Waals surface area contributed by atoms with E-state index in [4.69, 9.17) is 17.3 Å². The molecule has 0 aromatic heterocycles. The molecule has 1 aromatic rings.